The van der Waals surface area contributed by atoms with Crippen molar-refractivity contribution >= 4 is 29.9 Å². The van der Waals surface area contributed by atoms with E-state index in [1.807, 2.05) is 22.8 Å². The molecule has 0 spiro atoms. The summed E-state index contributed by atoms with van der Waals surface area (Å²) >= 11 is 0. The Morgan fingerprint density at radius 3 is 2.84 bits per heavy atom. The lowest BCUT2D eigenvalue weighted by Gasteiger charge is -2.28. The summed E-state index contributed by atoms with van der Waals surface area (Å²) in [6.07, 6.45) is 3.43. The van der Waals surface area contributed by atoms with Gasteiger partial charge < -0.3 is 19.9 Å². The second kappa shape index (κ2) is 11.8. The molecule has 1 aromatic heterocycles. The van der Waals surface area contributed by atoms with Crippen LogP contribution in [-0.4, -0.2) is 33.9 Å². The highest BCUT2D eigenvalue weighted by Crippen LogP contribution is 2.31. The lowest BCUT2D eigenvalue weighted by molar-refractivity contribution is 0.261. The molecule has 2 heterocycles. The van der Waals surface area contributed by atoms with E-state index in [0.29, 0.717) is 25.7 Å². The van der Waals surface area contributed by atoms with Crippen LogP contribution in [0.5, 0.6) is 5.75 Å². The molecular formula is C23H28FIN6O. The number of fused-ring (bicyclic) bond motifs is 1. The fraction of sp³-hybridized carbons (Fsp3) is 0.348. The second-order valence-electron chi connectivity index (χ2n) is 7.38. The summed E-state index contributed by atoms with van der Waals surface area (Å²) in [5, 5.41) is 15.1. The van der Waals surface area contributed by atoms with E-state index in [9.17, 15) is 4.39 Å². The molecule has 0 saturated heterocycles. The van der Waals surface area contributed by atoms with Gasteiger partial charge in [-0.3, -0.25) is 0 Å². The molecule has 0 fully saturated rings. The number of nitrogens with one attached hydrogen (secondary N) is 2. The average molecular weight is 550 g/mol. The van der Waals surface area contributed by atoms with Crippen LogP contribution in [0.4, 0.5) is 4.39 Å². The maximum absolute atomic E-state index is 13.2. The predicted molar refractivity (Wildman–Crippen MR) is 133 cm³/mol. The zero-order chi connectivity index (χ0) is 21.5. The standard InChI is InChI=1S/C23H27FN6O.HI/c1-2-22-29-27-16-30(22)13-12-25-23(26-15-17-7-9-18(24)10-8-17)28-20-11-14-31-21-6-4-3-5-19(20)21;/h3-10,16,20H,2,11-15H2,1H3,(H2,25,26,28);1H. The predicted octanol–water partition coefficient (Wildman–Crippen LogP) is 3.86. The first-order chi connectivity index (χ1) is 15.2. The quantitative estimate of drug-likeness (QED) is 0.266. The molecule has 2 N–H and O–H groups in total. The molecule has 170 valence electrons. The number of aryl methyl sites for hydroxylation is 1. The van der Waals surface area contributed by atoms with Gasteiger partial charge in [-0.1, -0.05) is 37.3 Å². The molecule has 0 radical (unpaired) electrons. The Kier molecular flexibility index (Phi) is 8.83. The average Bonchev–Trinajstić information content (AvgIpc) is 3.26. The minimum absolute atomic E-state index is 0. The fourth-order valence-electron chi connectivity index (χ4n) is 3.60. The van der Waals surface area contributed by atoms with Gasteiger partial charge in [0, 0.05) is 31.5 Å². The van der Waals surface area contributed by atoms with Gasteiger partial charge >= 0.3 is 0 Å². The molecule has 1 atom stereocenters. The van der Waals surface area contributed by atoms with Crippen molar-refractivity contribution in [3.05, 3.63) is 77.6 Å². The van der Waals surface area contributed by atoms with Gasteiger partial charge in [0.05, 0.1) is 19.2 Å². The summed E-state index contributed by atoms with van der Waals surface area (Å²) in [6.45, 7) is 4.57. The molecule has 0 amide bonds. The molecule has 0 aliphatic carbocycles. The van der Waals surface area contributed by atoms with Gasteiger partial charge in [-0.25, -0.2) is 9.38 Å². The van der Waals surface area contributed by atoms with Crippen LogP contribution in [0.3, 0.4) is 0 Å². The number of benzene rings is 2. The number of aromatic nitrogens is 3. The normalized spacial score (nSPS) is 15.3. The summed E-state index contributed by atoms with van der Waals surface area (Å²) in [5.41, 5.74) is 2.07. The number of hydrogen-bond donors (Lipinski definition) is 2. The van der Waals surface area contributed by atoms with Gasteiger partial charge in [-0.2, -0.15) is 0 Å². The highest BCUT2D eigenvalue weighted by molar-refractivity contribution is 14.0. The van der Waals surface area contributed by atoms with E-state index in [2.05, 4.69) is 33.8 Å². The molecule has 7 nitrogen and oxygen atoms in total. The van der Waals surface area contributed by atoms with Crippen LogP contribution in [0.2, 0.25) is 0 Å². The Labute approximate surface area is 204 Å². The Hall–Kier alpha value is -2.69. The van der Waals surface area contributed by atoms with Crippen molar-refractivity contribution < 1.29 is 9.13 Å². The third-order valence-corrected chi connectivity index (χ3v) is 5.26. The van der Waals surface area contributed by atoms with E-state index < -0.39 is 0 Å². The zero-order valence-corrected chi connectivity index (χ0v) is 20.3. The third kappa shape index (κ3) is 6.18. The molecular weight excluding hydrogens is 522 g/mol. The van der Waals surface area contributed by atoms with Crippen molar-refractivity contribution in [1.29, 1.82) is 0 Å². The van der Waals surface area contributed by atoms with Gasteiger partial charge in [0.1, 0.15) is 23.7 Å². The van der Waals surface area contributed by atoms with E-state index >= 15 is 0 Å². The Balaban J connectivity index is 0.00000289. The Morgan fingerprint density at radius 1 is 1.22 bits per heavy atom. The highest BCUT2D eigenvalue weighted by atomic mass is 127. The third-order valence-electron chi connectivity index (χ3n) is 5.26. The van der Waals surface area contributed by atoms with Gasteiger partial charge in [-0.15, -0.1) is 34.2 Å². The summed E-state index contributed by atoms with van der Waals surface area (Å²) < 4.78 is 21.0. The monoisotopic (exact) mass is 550 g/mol. The van der Waals surface area contributed by atoms with Gasteiger partial charge in [0.25, 0.3) is 0 Å². The summed E-state index contributed by atoms with van der Waals surface area (Å²) in [4.78, 5) is 4.74. The molecule has 2 aromatic carbocycles. The molecule has 1 unspecified atom stereocenters. The lowest BCUT2D eigenvalue weighted by atomic mass is 10.0. The Morgan fingerprint density at radius 2 is 2.03 bits per heavy atom. The maximum Gasteiger partial charge on any atom is 0.192 e. The number of nitrogens with zero attached hydrogens (tertiary/aromatic N) is 4. The maximum atomic E-state index is 13.2. The van der Waals surface area contributed by atoms with Crippen molar-refractivity contribution in [2.75, 3.05) is 13.2 Å². The molecule has 1 aliphatic rings. The summed E-state index contributed by atoms with van der Waals surface area (Å²) in [6, 6.07) is 14.6. The first-order valence-corrected chi connectivity index (χ1v) is 10.6. The van der Waals surface area contributed by atoms with E-state index in [0.717, 1.165) is 42.1 Å². The molecule has 1 aliphatic heterocycles. The van der Waals surface area contributed by atoms with Crippen molar-refractivity contribution in [2.45, 2.75) is 38.9 Å². The molecule has 0 saturated carbocycles. The van der Waals surface area contributed by atoms with Crippen LogP contribution >= 0.6 is 24.0 Å². The van der Waals surface area contributed by atoms with Crippen LogP contribution in [0.1, 0.15) is 36.3 Å². The van der Waals surface area contributed by atoms with E-state index in [1.54, 1.807) is 18.5 Å². The number of guanidine groups is 1. The number of hydrogen-bond acceptors (Lipinski definition) is 4. The Bertz CT molecular complexity index is 1020. The lowest BCUT2D eigenvalue weighted by Crippen LogP contribution is -2.42. The van der Waals surface area contributed by atoms with Crippen molar-refractivity contribution in [3.8, 4) is 5.75 Å². The number of halogens is 2. The van der Waals surface area contributed by atoms with Crippen LogP contribution in [-0.2, 0) is 19.5 Å². The molecule has 4 rings (SSSR count). The highest BCUT2D eigenvalue weighted by Gasteiger charge is 2.21. The number of rotatable bonds is 7. The largest absolute Gasteiger partial charge is 0.493 e. The smallest absolute Gasteiger partial charge is 0.192 e. The van der Waals surface area contributed by atoms with Gasteiger partial charge in [0.2, 0.25) is 0 Å². The zero-order valence-electron chi connectivity index (χ0n) is 18.0. The number of para-hydroxylation sites is 1. The first-order valence-electron chi connectivity index (χ1n) is 10.6. The van der Waals surface area contributed by atoms with Crippen LogP contribution in [0, 0.1) is 5.82 Å². The molecule has 9 heteroatoms. The summed E-state index contributed by atoms with van der Waals surface area (Å²) in [7, 11) is 0. The number of aliphatic imine (C=N–C) groups is 1. The molecule has 3 aromatic rings. The molecule has 0 bridgehead atoms. The van der Waals surface area contributed by atoms with Crippen LogP contribution < -0.4 is 15.4 Å². The first kappa shape index (κ1) is 24.0. The minimum atomic E-state index is -0.247. The van der Waals surface area contributed by atoms with Crippen molar-refractivity contribution in [1.82, 2.24) is 25.4 Å². The van der Waals surface area contributed by atoms with E-state index in [-0.39, 0.29) is 35.8 Å². The second-order valence-corrected chi connectivity index (χ2v) is 7.38. The SMILES string of the molecule is CCc1nncn1CCNC(=NCc1ccc(F)cc1)NC1CCOc2ccccc21.I. The van der Waals surface area contributed by atoms with Gasteiger partial charge in [0.15, 0.2) is 5.96 Å². The van der Waals surface area contributed by atoms with Gasteiger partial charge in [-0.05, 0) is 23.8 Å². The van der Waals surface area contributed by atoms with Crippen molar-refractivity contribution in [2.24, 2.45) is 4.99 Å². The van der Waals surface area contributed by atoms with E-state index in [4.69, 9.17) is 9.73 Å². The van der Waals surface area contributed by atoms with E-state index in [1.165, 1.54) is 12.1 Å². The topological polar surface area (TPSA) is 76.4 Å². The van der Waals surface area contributed by atoms with Crippen LogP contribution in [0.25, 0.3) is 0 Å². The number of ether oxygens (including phenoxy) is 1. The molecule has 32 heavy (non-hydrogen) atoms. The minimum Gasteiger partial charge on any atom is -0.493 e. The van der Waals surface area contributed by atoms with Crippen LogP contribution in [0.15, 0.2) is 59.9 Å². The fourth-order valence-corrected chi connectivity index (χ4v) is 3.60. The summed E-state index contributed by atoms with van der Waals surface area (Å²) in [5.74, 6) is 2.32. The van der Waals surface area contributed by atoms with Crippen molar-refractivity contribution in [3.63, 3.8) is 0 Å².